The molecule has 0 saturated carbocycles. The Kier molecular flexibility index (Phi) is 5.97. The minimum atomic E-state index is -0.842. The molecule has 0 aromatic heterocycles. The number of fused-ring (bicyclic) bond motifs is 1. The average molecular weight is 463 g/mol. The first kappa shape index (κ1) is 22.3. The molecule has 3 aromatic carbocycles. The summed E-state index contributed by atoms with van der Waals surface area (Å²) >= 11 is 6.12. The molecule has 3 aromatic rings. The van der Waals surface area contributed by atoms with Crippen molar-refractivity contribution in [2.45, 2.75) is 11.8 Å². The Labute approximate surface area is 196 Å². The topological polar surface area (TPSA) is 63.3 Å². The standard InChI is InChI=1S/C26H27ClN4S/c1-17(28)31-24-13-10-20(19-6-5-7-22(14-19)32(2,3)4)15-23(24)26(30-16-25(31)29)18-8-11-21(27)12-9-18/h5-15,28-29H,16H2,1-4H3. The third kappa shape index (κ3) is 4.36. The maximum atomic E-state index is 8.51. The first-order valence-corrected chi connectivity index (χ1v) is 13.5. The van der Waals surface area contributed by atoms with E-state index in [0.717, 1.165) is 33.7 Å². The second-order valence-corrected chi connectivity index (χ2v) is 13.2. The number of benzene rings is 3. The molecular weight excluding hydrogens is 436 g/mol. The molecule has 0 bridgehead atoms. The second kappa shape index (κ2) is 8.57. The lowest BCUT2D eigenvalue weighted by Gasteiger charge is -2.26. The fourth-order valence-corrected chi connectivity index (χ4v) is 4.94. The van der Waals surface area contributed by atoms with Gasteiger partial charge in [0.1, 0.15) is 11.7 Å². The van der Waals surface area contributed by atoms with Crippen LogP contribution in [0.2, 0.25) is 5.02 Å². The number of amidine groups is 2. The predicted molar refractivity (Wildman–Crippen MR) is 141 cm³/mol. The van der Waals surface area contributed by atoms with E-state index >= 15 is 0 Å². The van der Waals surface area contributed by atoms with Gasteiger partial charge in [-0.25, -0.2) is 10.0 Å². The number of benzodiazepines with no additional fused rings is 1. The molecule has 1 aliphatic heterocycles. The molecule has 4 rings (SSSR count). The summed E-state index contributed by atoms with van der Waals surface area (Å²) < 4.78 is 0. The van der Waals surface area contributed by atoms with Gasteiger partial charge in [0, 0.05) is 16.1 Å². The van der Waals surface area contributed by atoms with Crippen LogP contribution in [-0.2, 0) is 0 Å². The third-order valence-electron chi connectivity index (χ3n) is 5.48. The van der Waals surface area contributed by atoms with Crippen molar-refractivity contribution in [3.63, 3.8) is 0 Å². The lowest BCUT2D eigenvalue weighted by Crippen LogP contribution is -2.35. The fourth-order valence-electron chi connectivity index (χ4n) is 3.85. The smallest absolute Gasteiger partial charge is 0.128 e. The van der Waals surface area contributed by atoms with Crippen LogP contribution in [0.25, 0.3) is 11.1 Å². The average Bonchev–Trinajstić information content (AvgIpc) is 2.89. The highest BCUT2D eigenvalue weighted by Crippen LogP contribution is 2.46. The van der Waals surface area contributed by atoms with E-state index in [9.17, 15) is 0 Å². The van der Waals surface area contributed by atoms with E-state index in [-0.39, 0.29) is 12.4 Å². The van der Waals surface area contributed by atoms with Gasteiger partial charge in [-0.3, -0.25) is 20.7 Å². The van der Waals surface area contributed by atoms with E-state index in [1.54, 1.807) is 11.8 Å². The molecule has 1 aliphatic rings. The summed E-state index contributed by atoms with van der Waals surface area (Å²) in [6, 6.07) is 22.6. The molecule has 0 amide bonds. The molecule has 0 fully saturated rings. The Balaban J connectivity index is 1.92. The summed E-state index contributed by atoms with van der Waals surface area (Å²) in [5.74, 6) is 0.587. The van der Waals surface area contributed by atoms with Crippen molar-refractivity contribution in [2.24, 2.45) is 4.99 Å². The zero-order chi connectivity index (χ0) is 23.0. The Morgan fingerprint density at radius 3 is 2.25 bits per heavy atom. The number of nitrogens with zero attached hydrogens (tertiary/aromatic N) is 2. The third-order valence-corrected chi connectivity index (χ3v) is 7.40. The summed E-state index contributed by atoms with van der Waals surface area (Å²) in [6.45, 7) is 1.91. The normalized spacial score (nSPS) is 14.5. The van der Waals surface area contributed by atoms with Crippen LogP contribution >= 0.6 is 21.6 Å². The van der Waals surface area contributed by atoms with Gasteiger partial charge in [0.15, 0.2) is 0 Å². The maximum absolute atomic E-state index is 8.51. The summed E-state index contributed by atoms with van der Waals surface area (Å²) in [7, 11) is -0.842. The molecule has 0 spiro atoms. The second-order valence-electron chi connectivity index (χ2n) is 8.64. The highest BCUT2D eigenvalue weighted by Gasteiger charge is 2.25. The van der Waals surface area contributed by atoms with E-state index in [2.05, 4.69) is 55.2 Å². The van der Waals surface area contributed by atoms with Crippen LogP contribution in [0.4, 0.5) is 5.69 Å². The Bertz CT molecular complexity index is 1240. The van der Waals surface area contributed by atoms with Gasteiger partial charge in [0.05, 0.1) is 17.9 Å². The summed E-state index contributed by atoms with van der Waals surface area (Å²) in [5, 5.41) is 17.5. The molecule has 32 heavy (non-hydrogen) atoms. The van der Waals surface area contributed by atoms with E-state index in [4.69, 9.17) is 27.4 Å². The highest BCUT2D eigenvalue weighted by atomic mass is 35.5. The largest absolute Gasteiger partial charge is 0.288 e. The van der Waals surface area contributed by atoms with E-state index in [0.29, 0.717) is 10.9 Å². The Morgan fingerprint density at radius 1 is 0.938 bits per heavy atom. The fraction of sp³-hybridized carbons (Fsp3) is 0.192. The SMILES string of the molecule is CC(=N)N1C(=N)CN=C(c2ccc(Cl)cc2)c2cc(-c3cccc(S(C)(C)C)c3)ccc21. The summed E-state index contributed by atoms with van der Waals surface area (Å²) in [6.07, 6.45) is 6.89. The maximum Gasteiger partial charge on any atom is 0.128 e. The molecule has 0 atom stereocenters. The van der Waals surface area contributed by atoms with Crippen molar-refractivity contribution in [2.75, 3.05) is 30.2 Å². The molecule has 0 saturated heterocycles. The number of hydrogen-bond acceptors (Lipinski definition) is 3. The first-order valence-electron chi connectivity index (χ1n) is 10.3. The molecule has 164 valence electrons. The number of hydrogen-bond donors (Lipinski definition) is 2. The van der Waals surface area contributed by atoms with Crippen molar-refractivity contribution < 1.29 is 0 Å². The van der Waals surface area contributed by atoms with Crippen molar-refractivity contribution in [3.05, 3.63) is 82.9 Å². The molecule has 0 unspecified atom stereocenters. The lowest BCUT2D eigenvalue weighted by molar-refractivity contribution is 1.20. The number of anilines is 1. The van der Waals surface area contributed by atoms with Gasteiger partial charge in [-0.05, 0) is 72.0 Å². The summed E-state index contributed by atoms with van der Waals surface area (Å²) in [4.78, 5) is 7.81. The van der Waals surface area contributed by atoms with Crippen LogP contribution in [0.15, 0.2) is 76.6 Å². The Hall–Kier alpha value is -2.89. The monoisotopic (exact) mass is 462 g/mol. The van der Waals surface area contributed by atoms with E-state index < -0.39 is 10.0 Å². The van der Waals surface area contributed by atoms with Crippen LogP contribution in [-0.4, -0.2) is 42.7 Å². The van der Waals surface area contributed by atoms with E-state index in [1.807, 2.05) is 30.3 Å². The zero-order valence-corrected chi connectivity index (χ0v) is 20.3. The van der Waals surface area contributed by atoms with Gasteiger partial charge in [-0.2, -0.15) is 0 Å². The molecular formula is C26H27ClN4S. The van der Waals surface area contributed by atoms with Gasteiger partial charge >= 0.3 is 0 Å². The first-order chi connectivity index (χ1) is 15.1. The quantitative estimate of drug-likeness (QED) is 0.330. The number of halogens is 1. The highest BCUT2D eigenvalue weighted by molar-refractivity contribution is 8.32. The molecule has 2 N–H and O–H groups in total. The van der Waals surface area contributed by atoms with Gasteiger partial charge in [-0.15, -0.1) is 0 Å². The number of rotatable bonds is 3. The molecule has 1 heterocycles. The van der Waals surface area contributed by atoms with Crippen molar-refractivity contribution in [3.8, 4) is 11.1 Å². The van der Waals surface area contributed by atoms with Crippen LogP contribution in [0, 0.1) is 10.8 Å². The van der Waals surface area contributed by atoms with Crippen molar-refractivity contribution >= 4 is 44.7 Å². The van der Waals surface area contributed by atoms with Crippen molar-refractivity contribution in [1.82, 2.24) is 0 Å². The predicted octanol–water partition coefficient (Wildman–Crippen LogP) is 6.69. The van der Waals surface area contributed by atoms with Gasteiger partial charge in [-0.1, -0.05) is 48.0 Å². The number of nitrogens with one attached hydrogen (secondary N) is 2. The van der Waals surface area contributed by atoms with Crippen LogP contribution < -0.4 is 4.90 Å². The van der Waals surface area contributed by atoms with Gasteiger partial charge in [0.25, 0.3) is 0 Å². The van der Waals surface area contributed by atoms with Crippen LogP contribution in [0.5, 0.6) is 0 Å². The summed E-state index contributed by atoms with van der Waals surface area (Å²) in [5.41, 5.74) is 5.71. The van der Waals surface area contributed by atoms with Crippen molar-refractivity contribution in [1.29, 1.82) is 10.8 Å². The van der Waals surface area contributed by atoms with Crippen LogP contribution in [0.3, 0.4) is 0 Å². The van der Waals surface area contributed by atoms with Crippen LogP contribution in [0.1, 0.15) is 18.1 Å². The lowest BCUT2D eigenvalue weighted by atomic mass is 9.95. The Morgan fingerprint density at radius 2 is 1.59 bits per heavy atom. The molecule has 0 aliphatic carbocycles. The minimum Gasteiger partial charge on any atom is -0.288 e. The number of aliphatic imine (C=N–C) groups is 1. The zero-order valence-electron chi connectivity index (χ0n) is 18.7. The molecule has 0 radical (unpaired) electrons. The molecule has 6 heteroatoms. The van der Waals surface area contributed by atoms with Gasteiger partial charge in [0.2, 0.25) is 0 Å². The van der Waals surface area contributed by atoms with Gasteiger partial charge < -0.3 is 0 Å². The minimum absolute atomic E-state index is 0.209. The van der Waals surface area contributed by atoms with E-state index in [1.165, 1.54) is 4.90 Å². The molecule has 4 nitrogen and oxygen atoms in total.